The van der Waals surface area contributed by atoms with E-state index in [0.29, 0.717) is 6.42 Å². The van der Waals surface area contributed by atoms with Crippen LogP contribution in [0.15, 0.2) is 0 Å². The summed E-state index contributed by atoms with van der Waals surface area (Å²) in [5, 5.41) is 10.4. The average molecular weight is 173 g/mol. The molecule has 1 saturated carbocycles. The van der Waals surface area contributed by atoms with Crippen molar-refractivity contribution in [2.24, 2.45) is 5.92 Å². The maximum absolute atomic E-state index is 11.0. The molecule has 0 heterocycles. The fraction of sp³-hybridized carbons (Fsp3) is 0.857. The SMILES string of the molecule is CCOC(=O)C1CC1(C)[N+](=O)[O-]. The summed E-state index contributed by atoms with van der Waals surface area (Å²) in [5.74, 6) is -0.982. The van der Waals surface area contributed by atoms with E-state index in [1.807, 2.05) is 0 Å². The van der Waals surface area contributed by atoms with Crippen LogP contribution in [0.3, 0.4) is 0 Å². The van der Waals surface area contributed by atoms with Crippen LogP contribution in [0.2, 0.25) is 0 Å². The van der Waals surface area contributed by atoms with Crippen molar-refractivity contribution in [2.45, 2.75) is 25.8 Å². The Morgan fingerprint density at radius 2 is 2.42 bits per heavy atom. The number of hydrogen-bond donors (Lipinski definition) is 0. The number of carbonyl (C=O) groups is 1. The normalized spacial score (nSPS) is 32.7. The highest BCUT2D eigenvalue weighted by Crippen LogP contribution is 2.46. The van der Waals surface area contributed by atoms with Crippen LogP contribution in [0.4, 0.5) is 0 Å². The first-order valence-corrected chi connectivity index (χ1v) is 3.83. The zero-order valence-corrected chi connectivity index (χ0v) is 7.07. The van der Waals surface area contributed by atoms with E-state index in [-0.39, 0.29) is 6.61 Å². The number of esters is 1. The van der Waals surface area contributed by atoms with E-state index in [1.54, 1.807) is 6.92 Å². The van der Waals surface area contributed by atoms with E-state index in [0.717, 1.165) is 0 Å². The zero-order valence-electron chi connectivity index (χ0n) is 7.07. The van der Waals surface area contributed by atoms with Crippen molar-refractivity contribution in [3.63, 3.8) is 0 Å². The van der Waals surface area contributed by atoms with Gasteiger partial charge in [0.1, 0.15) is 5.92 Å². The molecule has 68 valence electrons. The van der Waals surface area contributed by atoms with E-state index in [4.69, 9.17) is 0 Å². The third-order valence-electron chi connectivity index (χ3n) is 2.20. The quantitative estimate of drug-likeness (QED) is 0.356. The molecule has 0 aromatic heterocycles. The third-order valence-corrected chi connectivity index (χ3v) is 2.20. The van der Waals surface area contributed by atoms with Crippen LogP contribution in [0.25, 0.3) is 0 Å². The maximum Gasteiger partial charge on any atom is 0.316 e. The Morgan fingerprint density at radius 3 is 2.75 bits per heavy atom. The molecule has 12 heavy (non-hydrogen) atoms. The second-order valence-electron chi connectivity index (χ2n) is 3.12. The van der Waals surface area contributed by atoms with Crippen molar-refractivity contribution in [1.82, 2.24) is 0 Å². The number of nitrogens with zero attached hydrogens (tertiary/aromatic N) is 1. The zero-order chi connectivity index (χ0) is 9.35. The van der Waals surface area contributed by atoms with Gasteiger partial charge in [-0.3, -0.25) is 14.9 Å². The Bertz CT molecular complexity index is 227. The lowest BCUT2D eigenvalue weighted by molar-refractivity contribution is -0.536. The molecule has 1 rings (SSSR count). The van der Waals surface area contributed by atoms with Gasteiger partial charge >= 0.3 is 5.97 Å². The van der Waals surface area contributed by atoms with E-state index in [9.17, 15) is 14.9 Å². The Labute approximate surface area is 69.9 Å². The fourth-order valence-electron chi connectivity index (χ4n) is 1.14. The van der Waals surface area contributed by atoms with Gasteiger partial charge in [-0.05, 0) is 6.92 Å². The lowest BCUT2D eigenvalue weighted by Gasteiger charge is -2.01. The molecule has 0 radical (unpaired) electrons. The third kappa shape index (κ3) is 1.26. The first kappa shape index (κ1) is 8.96. The van der Waals surface area contributed by atoms with Gasteiger partial charge in [0.05, 0.1) is 6.61 Å². The standard InChI is InChI=1S/C7H11NO4/c1-3-12-6(9)5-4-7(5,2)8(10)11/h5H,3-4H2,1-2H3. The van der Waals surface area contributed by atoms with Crippen LogP contribution < -0.4 is 0 Å². The molecule has 1 aliphatic rings. The summed E-state index contributed by atoms with van der Waals surface area (Å²) in [6.07, 6.45) is 0.304. The van der Waals surface area contributed by atoms with Gasteiger partial charge in [-0.1, -0.05) is 0 Å². The number of rotatable bonds is 3. The Kier molecular flexibility index (Phi) is 2.04. The largest absolute Gasteiger partial charge is 0.466 e. The summed E-state index contributed by atoms with van der Waals surface area (Å²) in [6.45, 7) is 3.43. The minimum Gasteiger partial charge on any atom is -0.466 e. The molecule has 5 nitrogen and oxygen atoms in total. The highest BCUT2D eigenvalue weighted by molar-refractivity contribution is 5.77. The van der Waals surface area contributed by atoms with Crippen molar-refractivity contribution in [2.75, 3.05) is 6.61 Å². The highest BCUT2D eigenvalue weighted by atomic mass is 16.6. The predicted molar refractivity (Wildman–Crippen MR) is 40.1 cm³/mol. The number of hydrogen-bond acceptors (Lipinski definition) is 4. The lowest BCUT2D eigenvalue weighted by atomic mass is 10.2. The Morgan fingerprint density at radius 1 is 1.83 bits per heavy atom. The van der Waals surface area contributed by atoms with Gasteiger partial charge in [0, 0.05) is 18.3 Å². The second-order valence-corrected chi connectivity index (χ2v) is 3.12. The molecule has 5 heteroatoms. The van der Waals surface area contributed by atoms with E-state index in [2.05, 4.69) is 4.74 Å². The molecular weight excluding hydrogens is 162 g/mol. The average Bonchev–Trinajstić information content (AvgIpc) is 2.65. The number of carbonyl (C=O) groups excluding carboxylic acids is 1. The molecule has 2 unspecified atom stereocenters. The van der Waals surface area contributed by atoms with Crippen LogP contribution >= 0.6 is 0 Å². The first-order valence-electron chi connectivity index (χ1n) is 3.83. The molecule has 0 N–H and O–H groups in total. The summed E-state index contributed by atoms with van der Waals surface area (Å²) in [7, 11) is 0. The predicted octanol–water partition coefficient (Wildman–Crippen LogP) is 0.605. The number of ether oxygens (including phenoxy) is 1. The molecule has 1 fully saturated rings. The summed E-state index contributed by atoms with van der Waals surface area (Å²) in [4.78, 5) is 21.0. The van der Waals surface area contributed by atoms with E-state index in [1.165, 1.54) is 6.92 Å². The van der Waals surface area contributed by atoms with Crippen molar-refractivity contribution < 1.29 is 14.5 Å². The maximum atomic E-state index is 11.0. The first-order chi connectivity index (χ1) is 5.52. The summed E-state index contributed by atoms with van der Waals surface area (Å²) in [6, 6.07) is 0. The molecule has 1 aliphatic carbocycles. The number of nitro groups is 1. The van der Waals surface area contributed by atoms with E-state index < -0.39 is 22.3 Å². The molecule has 0 aromatic carbocycles. The molecule has 0 aromatic rings. The lowest BCUT2D eigenvalue weighted by Crippen LogP contribution is -2.23. The minimum absolute atomic E-state index is 0.281. The summed E-state index contributed by atoms with van der Waals surface area (Å²) in [5.41, 5.74) is -1.06. The second kappa shape index (κ2) is 2.73. The Hall–Kier alpha value is -1.13. The van der Waals surface area contributed by atoms with Crippen LogP contribution in [-0.4, -0.2) is 23.0 Å². The topological polar surface area (TPSA) is 69.4 Å². The smallest absolute Gasteiger partial charge is 0.316 e. The van der Waals surface area contributed by atoms with Gasteiger partial charge in [0.15, 0.2) is 0 Å². The van der Waals surface area contributed by atoms with Crippen LogP contribution in [0.1, 0.15) is 20.3 Å². The van der Waals surface area contributed by atoms with Crippen LogP contribution in [0.5, 0.6) is 0 Å². The van der Waals surface area contributed by atoms with Gasteiger partial charge in [-0.2, -0.15) is 0 Å². The van der Waals surface area contributed by atoms with Crippen LogP contribution in [0, 0.1) is 16.0 Å². The van der Waals surface area contributed by atoms with E-state index >= 15 is 0 Å². The molecule has 0 amide bonds. The summed E-state index contributed by atoms with van der Waals surface area (Å²) < 4.78 is 4.67. The van der Waals surface area contributed by atoms with Crippen molar-refractivity contribution in [3.05, 3.63) is 10.1 Å². The van der Waals surface area contributed by atoms with Crippen molar-refractivity contribution >= 4 is 5.97 Å². The van der Waals surface area contributed by atoms with Crippen molar-refractivity contribution in [1.29, 1.82) is 0 Å². The molecule has 0 aliphatic heterocycles. The van der Waals surface area contributed by atoms with Gasteiger partial charge in [-0.15, -0.1) is 0 Å². The Balaban J connectivity index is 2.51. The highest BCUT2D eigenvalue weighted by Gasteiger charge is 2.67. The molecule has 2 atom stereocenters. The van der Waals surface area contributed by atoms with Gasteiger partial charge in [-0.25, -0.2) is 0 Å². The van der Waals surface area contributed by atoms with Crippen molar-refractivity contribution in [3.8, 4) is 0 Å². The molecule has 0 bridgehead atoms. The van der Waals surface area contributed by atoms with Gasteiger partial charge in [0.25, 0.3) is 0 Å². The molecular formula is C7H11NO4. The van der Waals surface area contributed by atoms with Gasteiger partial charge < -0.3 is 4.74 Å². The van der Waals surface area contributed by atoms with Crippen LogP contribution in [-0.2, 0) is 9.53 Å². The molecule has 0 saturated heterocycles. The van der Waals surface area contributed by atoms with Gasteiger partial charge in [0.2, 0.25) is 5.54 Å². The molecule has 0 spiro atoms. The fourth-order valence-corrected chi connectivity index (χ4v) is 1.14. The monoisotopic (exact) mass is 173 g/mol. The summed E-state index contributed by atoms with van der Waals surface area (Å²) >= 11 is 0. The minimum atomic E-state index is -1.06.